The summed E-state index contributed by atoms with van der Waals surface area (Å²) in [5.41, 5.74) is 3.69. The monoisotopic (exact) mass is 326 g/mol. The molecule has 0 aliphatic heterocycles. The number of aromatic hydroxyl groups is 1. The zero-order valence-corrected chi connectivity index (χ0v) is 15.9. The van der Waals surface area contributed by atoms with Crippen LogP contribution < -0.4 is 0 Å². The minimum Gasteiger partial charge on any atom is -0.507 e. The number of fused-ring (bicyclic) bond motifs is 2. The third-order valence-electron chi connectivity index (χ3n) is 5.60. The Balaban J connectivity index is 2.14. The fourth-order valence-corrected chi connectivity index (χ4v) is 4.19. The van der Waals surface area contributed by atoms with E-state index in [1.54, 1.807) is 0 Å². The Labute approximate surface area is 146 Å². The quantitative estimate of drug-likeness (QED) is 0.704. The van der Waals surface area contributed by atoms with Gasteiger partial charge in [-0.3, -0.25) is 4.79 Å². The molecule has 2 bridgehead atoms. The van der Waals surface area contributed by atoms with Crippen molar-refractivity contribution in [1.82, 2.24) is 0 Å². The van der Waals surface area contributed by atoms with Crippen LogP contribution in [0.2, 0.25) is 0 Å². The number of phenolic OH excluding ortho intramolecular Hbond substituents is 1. The van der Waals surface area contributed by atoms with Gasteiger partial charge in [-0.25, -0.2) is 0 Å². The van der Waals surface area contributed by atoms with Crippen molar-refractivity contribution in [3.05, 3.63) is 34.4 Å². The van der Waals surface area contributed by atoms with Crippen molar-refractivity contribution in [2.45, 2.75) is 71.6 Å². The molecule has 3 rings (SSSR count). The van der Waals surface area contributed by atoms with Gasteiger partial charge in [-0.1, -0.05) is 41.5 Å². The highest BCUT2D eigenvalue weighted by molar-refractivity contribution is 6.04. The molecule has 130 valence electrons. The summed E-state index contributed by atoms with van der Waals surface area (Å²) >= 11 is 0. The summed E-state index contributed by atoms with van der Waals surface area (Å²) in [6, 6.07) is 4.13. The summed E-state index contributed by atoms with van der Waals surface area (Å²) in [7, 11) is 0. The molecule has 2 saturated carbocycles. The lowest BCUT2D eigenvalue weighted by Gasteiger charge is -2.28. The Morgan fingerprint density at radius 3 is 1.88 bits per heavy atom. The molecular formula is C22H30O2. The number of carbonyl (C=O) groups is 1. The summed E-state index contributed by atoms with van der Waals surface area (Å²) in [4.78, 5) is 12.5. The molecule has 0 heterocycles. The Morgan fingerprint density at radius 1 is 0.958 bits per heavy atom. The average Bonchev–Trinajstić information content (AvgIpc) is 3.01. The molecule has 1 aromatic rings. The van der Waals surface area contributed by atoms with Gasteiger partial charge < -0.3 is 5.11 Å². The number of hydrogen-bond acceptors (Lipinski definition) is 2. The largest absolute Gasteiger partial charge is 0.507 e. The zero-order valence-electron chi connectivity index (χ0n) is 15.9. The lowest BCUT2D eigenvalue weighted by Crippen LogP contribution is -2.17. The number of ketones is 1. The topological polar surface area (TPSA) is 37.3 Å². The highest BCUT2D eigenvalue weighted by Gasteiger charge is 2.42. The van der Waals surface area contributed by atoms with Crippen molar-refractivity contribution >= 4 is 11.9 Å². The Morgan fingerprint density at radius 2 is 1.46 bits per heavy atom. The van der Waals surface area contributed by atoms with E-state index in [9.17, 15) is 9.90 Å². The van der Waals surface area contributed by atoms with Gasteiger partial charge in [-0.15, -0.1) is 0 Å². The van der Waals surface area contributed by atoms with Crippen LogP contribution in [0, 0.1) is 11.8 Å². The second kappa shape index (κ2) is 5.47. The molecule has 24 heavy (non-hydrogen) atoms. The lowest BCUT2D eigenvalue weighted by molar-refractivity contribution is -0.118. The first kappa shape index (κ1) is 17.3. The fraction of sp³-hybridized carbons (Fsp3) is 0.591. The zero-order chi connectivity index (χ0) is 17.9. The SMILES string of the molecule is CC(C)(C)c1cc(C=C2C(=O)C3CCC2C3)cc(C(C)(C)C)c1O. The van der Waals surface area contributed by atoms with E-state index < -0.39 is 0 Å². The summed E-state index contributed by atoms with van der Waals surface area (Å²) in [5, 5.41) is 10.8. The molecule has 0 amide bonds. The van der Waals surface area contributed by atoms with Gasteiger partial charge in [0.25, 0.3) is 0 Å². The third-order valence-corrected chi connectivity index (χ3v) is 5.60. The fourth-order valence-electron chi connectivity index (χ4n) is 4.19. The predicted octanol–water partition coefficient (Wildman–Crippen LogP) is 5.37. The van der Waals surface area contributed by atoms with Crippen LogP contribution in [0.5, 0.6) is 5.75 Å². The van der Waals surface area contributed by atoms with Gasteiger partial charge in [0.15, 0.2) is 5.78 Å². The van der Waals surface area contributed by atoms with Gasteiger partial charge in [-0.2, -0.15) is 0 Å². The van der Waals surface area contributed by atoms with Crippen LogP contribution in [-0.4, -0.2) is 10.9 Å². The molecule has 2 atom stereocenters. The summed E-state index contributed by atoms with van der Waals surface area (Å²) in [6.45, 7) is 12.7. The van der Waals surface area contributed by atoms with Gasteiger partial charge in [0.1, 0.15) is 5.75 Å². The molecule has 2 nitrogen and oxygen atoms in total. The molecule has 2 heteroatoms. The minimum atomic E-state index is -0.142. The maximum absolute atomic E-state index is 12.5. The van der Waals surface area contributed by atoms with Crippen LogP contribution in [0.4, 0.5) is 0 Å². The molecular weight excluding hydrogens is 296 g/mol. The second-order valence-electron chi connectivity index (χ2n) is 9.64. The van der Waals surface area contributed by atoms with Crippen LogP contribution in [0.3, 0.4) is 0 Å². The number of carbonyl (C=O) groups excluding carboxylic acids is 1. The summed E-state index contributed by atoms with van der Waals surface area (Å²) in [5.74, 6) is 1.47. The van der Waals surface area contributed by atoms with E-state index >= 15 is 0 Å². The smallest absolute Gasteiger partial charge is 0.162 e. The van der Waals surface area contributed by atoms with E-state index in [4.69, 9.17) is 0 Å². The summed E-state index contributed by atoms with van der Waals surface area (Å²) in [6.07, 6.45) is 5.35. The minimum absolute atomic E-state index is 0.142. The van der Waals surface area contributed by atoms with Crippen LogP contribution in [-0.2, 0) is 15.6 Å². The standard InChI is InChI=1S/C22H30O2/c1-21(2,3)17-10-13(11-18(20(17)24)22(4,5)6)9-16-14-7-8-15(12-14)19(16)23/h9-11,14-15,24H,7-8,12H2,1-6H3. The van der Waals surface area contributed by atoms with Crippen molar-refractivity contribution in [2.75, 3.05) is 0 Å². The Bertz CT molecular complexity index is 675. The Hall–Kier alpha value is -1.57. The molecule has 0 spiro atoms. The molecule has 1 aromatic carbocycles. The Kier molecular flexibility index (Phi) is 3.94. The second-order valence-corrected chi connectivity index (χ2v) is 9.64. The first-order chi connectivity index (χ1) is 11.0. The molecule has 0 aromatic heterocycles. The number of rotatable bonds is 1. The van der Waals surface area contributed by atoms with Crippen LogP contribution in [0.25, 0.3) is 6.08 Å². The van der Waals surface area contributed by atoms with Crippen molar-refractivity contribution in [1.29, 1.82) is 0 Å². The number of phenols is 1. The van der Waals surface area contributed by atoms with Crippen molar-refractivity contribution in [3.63, 3.8) is 0 Å². The number of hydrogen-bond donors (Lipinski definition) is 1. The van der Waals surface area contributed by atoms with Crippen LogP contribution in [0.1, 0.15) is 77.5 Å². The van der Waals surface area contributed by atoms with Gasteiger partial charge in [0, 0.05) is 17.0 Å². The molecule has 2 aliphatic rings. The lowest BCUT2D eigenvalue weighted by atomic mass is 9.78. The number of Topliss-reactive ketones (excluding diaryl/α,β-unsaturated/α-hetero) is 1. The first-order valence-corrected chi connectivity index (χ1v) is 9.12. The van der Waals surface area contributed by atoms with Gasteiger partial charge in [-0.05, 0) is 65.4 Å². The van der Waals surface area contributed by atoms with Crippen LogP contribution >= 0.6 is 0 Å². The predicted molar refractivity (Wildman–Crippen MR) is 99.3 cm³/mol. The summed E-state index contributed by atoms with van der Waals surface area (Å²) < 4.78 is 0. The highest BCUT2D eigenvalue weighted by Crippen LogP contribution is 2.47. The number of allylic oxidation sites excluding steroid dienone is 1. The van der Waals surface area contributed by atoms with E-state index in [1.807, 2.05) is 0 Å². The molecule has 1 N–H and O–H groups in total. The van der Waals surface area contributed by atoms with Gasteiger partial charge in [0.2, 0.25) is 0 Å². The third kappa shape index (κ3) is 2.92. The van der Waals surface area contributed by atoms with Crippen LogP contribution in [0.15, 0.2) is 17.7 Å². The van der Waals surface area contributed by atoms with E-state index in [-0.39, 0.29) is 16.7 Å². The van der Waals surface area contributed by atoms with E-state index in [0.29, 0.717) is 17.5 Å². The maximum Gasteiger partial charge on any atom is 0.162 e. The maximum atomic E-state index is 12.5. The van der Waals surface area contributed by atoms with Gasteiger partial charge >= 0.3 is 0 Å². The normalized spacial score (nSPS) is 25.8. The van der Waals surface area contributed by atoms with E-state index in [1.165, 1.54) is 0 Å². The van der Waals surface area contributed by atoms with E-state index in [2.05, 4.69) is 59.8 Å². The van der Waals surface area contributed by atoms with Crippen molar-refractivity contribution in [2.24, 2.45) is 11.8 Å². The van der Waals surface area contributed by atoms with Crippen molar-refractivity contribution in [3.8, 4) is 5.75 Å². The van der Waals surface area contributed by atoms with Gasteiger partial charge in [0.05, 0.1) is 0 Å². The van der Waals surface area contributed by atoms with E-state index in [0.717, 1.165) is 41.5 Å². The van der Waals surface area contributed by atoms with Crippen molar-refractivity contribution < 1.29 is 9.90 Å². The molecule has 2 aliphatic carbocycles. The number of benzene rings is 1. The molecule has 0 radical (unpaired) electrons. The molecule has 2 fully saturated rings. The molecule has 2 unspecified atom stereocenters. The first-order valence-electron chi connectivity index (χ1n) is 9.12. The highest BCUT2D eigenvalue weighted by atomic mass is 16.3. The average molecular weight is 326 g/mol. The molecule has 0 saturated heterocycles.